The summed E-state index contributed by atoms with van der Waals surface area (Å²) in [4.78, 5) is 15.7. The van der Waals surface area contributed by atoms with Crippen LogP contribution in [0.5, 0.6) is 0 Å². The van der Waals surface area contributed by atoms with Gasteiger partial charge in [0.1, 0.15) is 5.60 Å². The van der Waals surface area contributed by atoms with Crippen molar-refractivity contribution in [3.8, 4) is 0 Å². The molecule has 1 aliphatic rings. The maximum Gasteiger partial charge on any atom is 0.344 e. The molecule has 28 heavy (non-hydrogen) atoms. The Hall–Kier alpha value is -2.55. The fourth-order valence-electron chi connectivity index (χ4n) is 2.76. The van der Waals surface area contributed by atoms with Crippen molar-refractivity contribution in [1.82, 2.24) is 0 Å². The third kappa shape index (κ3) is 4.83. The monoisotopic (exact) mass is 411 g/mol. The van der Waals surface area contributed by atoms with Crippen LogP contribution in [0, 0.1) is 0 Å². The van der Waals surface area contributed by atoms with E-state index in [4.69, 9.17) is 19.4 Å². The number of carbonyl (C=O) groups is 1. The number of sulfone groups is 1. The molecule has 1 heterocycles. The fourth-order valence-corrected chi connectivity index (χ4v) is 3.39. The van der Waals surface area contributed by atoms with Crippen LogP contribution in [0.1, 0.15) is 39.7 Å². The second-order valence-electron chi connectivity index (χ2n) is 6.92. The number of carboxylic acid groups (broad SMARTS) is 1. The Labute approximate surface area is 164 Å². The van der Waals surface area contributed by atoms with Crippen molar-refractivity contribution in [3.05, 3.63) is 35.6 Å². The van der Waals surface area contributed by atoms with Crippen molar-refractivity contribution in [1.29, 1.82) is 0 Å². The average molecular weight is 411 g/mol. The van der Waals surface area contributed by atoms with E-state index in [0.29, 0.717) is 17.8 Å². The van der Waals surface area contributed by atoms with Crippen molar-refractivity contribution < 1.29 is 32.6 Å². The summed E-state index contributed by atoms with van der Waals surface area (Å²) in [7, 11) is -3.32. The van der Waals surface area contributed by atoms with E-state index in [1.807, 2.05) is 27.7 Å². The molecule has 0 fully saturated rings. The highest BCUT2D eigenvalue weighted by molar-refractivity contribution is 7.90. The molecule has 1 N–H and O–H groups in total. The van der Waals surface area contributed by atoms with Crippen molar-refractivity contribution >= 4 is 27.3 Å². The largest absolute Gasteiger partial charge is 0.485 e. The van der Waals surface area contributed by atoms with E-state index >= 15 is 0 Å². The lowest BCUT2D eigenvalue weighted by Gasteiger charge is -2.25. The first kappa shape index (κ1) is 21.7. The molecule has 0 amide bonds. The molecule has 0 aromatic heterocycles. The Kier molecular flexibility index (Phi) is 6.38. The van der Waals surface area contributed by atoms with Crippen LogP contribution in [0.4, 0.5) is 0 Å². The van der Waals surface area contributed by atoms with Crippen molar-refractivity contribution in [2.45, 2.75) is 50.7 Å². The molecular formula is C19H25NO7S. The molecule has 0 unspecified atom stereocenters. The van der Waals surface area contributed by atoms with Gasteiger partial charge in [-0.2, -0.15) is 0 Å². The predicted molar refractivity (Wildman–Crippen MR) is 103 cm³/mol. The highest BCUT2D eigenvalue weighted by atomic mass is 32.2. The molecular weight excluding hydrogens is 386 g/mol. The fraction of sp³-hybridized carbons (Fsp3) is 0.474. The van der Waals surface area contributed by atoms with Gasteiger partial charge in [-0.15, -0.1) is 0 Å². The number of hydrogen-bond donors (Lipinski definition) is 1. The zero-order valence-electron chi connectivity index (χ0n) is 16.6. The van der Waals surface area contributed by atoms with E-state index < -0.39 is 28.0 Å². The molecule has 1 aliphatic heterocycles. The summed E-state index contributed by atoms with van der Waals surface area (Å²) in [5, 5.41) is 12.6. The summed E-state index contributed by atoms with van der Waals surface area (Å²) in [6, 6.07) is 6.43. The van der Waals surface area contributed by atoms with E-state index in [9.17, 15) is 13.2 Å². The molecule has 8 nitrogen and oxygen atoms in total. The van der Waals surface area contributed by atoms with Crippen molar-refractivity contribution in [2.75, 3.05) is 12.9 Å². The first-order valence-electron chi connectivity index (χ1n) is 8.81. The van der Waals surface area contributed by atoms with Crippen LogP contribution in [0.2, 0.25) is 0 Å². The van der Waals surface area contributed by atoms with Gasteiger partial charge in [-0.3, -0.25) is 0 Å². The molecule has 0 saturated carbocycles. The van der Waals surface area contributed by atoms with E-state index in [1.54, 1.807) is 12.1 Å². The van der Waals surface area contributed by atoms with Gasteiger partial charge in [0.2, 0.25) is 6.61 Å². The minimum atomic E-state index is -3.32. The zero-order valence-corrected chi connectivity index (χ0v) is 17.4. The smallest absolute Gasteiger partial charge is 0.344 e. The van der Waals surface area contributed by atoms with E-state index in [-0.39, 0.29) is 16.9 Å². The first-order valence-corrected chi connectivity index (χ1v) is 10.7. The molecule has 1 aromatic rings. The van der Waals surface area contributed by atoms with Crippen molar-refractivity contribution in [2.24, 2.45) is 5.16 Å². The van der Waals surface area contributed by atoms with Gasteiger partial charge in [0.05, 0.1) is 16.6 Å². The normalized spacial score (nSPS) is 21.1. The number of carboxylic acids is 1. The number of ether oxygens (including phenoxy) is 2. The molecule has 0 saturated heterocycles. The maximum absolute atomic E-state index is 11.7. The lowest BCUT2D eigenvalue weighted by atomic mass is 9.88. The summed E-state index contributed by atoms with van der Waals surface area (Å²) in [5.74, 6) is -0.758. The van der Waals surface area contributed by atoms with Crippen LogP contribution in [0.15, 0.2) is 40.1 Å². The Morgan fingerprint density at radius 2 is 1.89 bits per heavy atom. The first-order chi connectivity index (χ1) is 13.0. The lowest BCUT2D eigenvalue weighted by Crippen LogP contribution is -2.26. The highest BCUT2D eigenvalue weighted by Gasteiger charge is 2.44. The Morgan fingerprint density at radius 3 is 2.36 bits per heavy atom. The number of oxime groups is 1. The number of nitrogens with zero attached hydrogens (tertiary/aromatic N) is 1. The van der Waals surface area contributed by atoms with Crippen molar-refractivity contribution in [3.63, 3.8) is 0 Å². The van der Waals surface area contributed by atoms with Gasteiger partial charge in [-0.05, 0) is 50.0 Å². The summed E-state index contributed by atoms with van der Waals surface area (Å²) in [6.45, 7) is 6.86. The molecule has 154 valence electrons. The van der Waals surface area contributed by atoms with Gasteiger partial charge >= 0.3 is 5.97 Å². The van der Waals surface area contributed by atoms with Gasteiger partial charge in [0.25, 0.3) is 5.90 Å². The van der Waals surface area contributed by atoms with E-state index in [1.165, 1.54) is 12.1 Å². The summed E-state index contributed by atoms with van der Waals surface area (Å²) in [6.07, 6.45) is 1.51. The average Bonchev–Trinajstić information content (AvgIpc) is 2.86. The lowest BCUT2D eigenvalue weighted by molar-refractivity contribution is -0.142. The van der Waals surface area contributed by atoms with E-state index in [0.717, 1.165) is 11.8 Å². The van der Waals surface area contributed by atoms with Gasteiger partial charge in [0.15, 0.2) is 15.6 Å². The standard InChI is InChI=1S/C19H25NO7S/c1-6-19(4)16(13-7-9-14(10-8-13)28(5,23)24)17(26-12(2)3)18(27-19)20-25-11-15(21)22/h7-10,12H,6,11H2,1-5H3,(H,21,22)/b20-18-/t19-/m0/s1. The van der Waals surface area contributed by atoms with Gasteiger partial charge in [-0.25, -0.2) is 13.2 Å². The number of benzene rings is 1. The van der Waals surface area contributed by atoms with Crippen LogP contribution in [-0.4, -0.2) is 50.0 Å². The number of aliphatic carboxylic acids is 1. The second kappa shape index (κ2) is 8.22. The summed E-state index contributed by atoms with van der Waals surface area (Å²) < 4.78 is 35.4. The van der Waals surface area contributed by atoms with Crippen LogP contribution < -0.4 is 0 Å². The predicted octanol–water partition coefficient (Wildman–Crippen LogP) is 2.84. The van der Waals surface area contributed by atoms with E-state index in [2.05, 4.69) is 5.16 Å². The highest BCUT2D eigenvalue weighted by Crippen LogP contribution is 2.43. The Bertz CT molecular complexity index is 901. The minimum absolute atomic E-state index is 0.0569. The molecule has 0 radical (unpaired) electrons. The third-order valence-electron chi connectivity index (χ3n) is 4.21. The Morgan fingerprint density at radius 1 is 1.29 bits per heavy atom. The van der Waals surface area contributed by atoms with Crippen LogP contribution in [-0.2, 0) is 28.9 Å². The number of rotatable bonds is 8. The van der Waals surface area contributed by atoms with Gasteiger partial charge in [-0.1, -0.05) is 19.1 Å². The quantitative estimate of drug-likeness (QED) is 0.655. The zero-order chi connectivity index (χ0) is 21.1. The topological polar surface area (TPSA) is 111 Å². The molecule has 1 aromatic carbocycles. The molecule has 1 atom stereocenters. The third-order valence-corrected chi connectivity index (χ3v) is 5.34. The van der Waals surface area contributed by atoms with Crippen LogP contribution in [0.3, 0.4) is 0 Å². The molecule has 0 aliphatic carbocycles. The molecule has 9 heteroatoms. The van der Waals surface area contributed by atoms with Crippen LogP contribution >= 0.6 is 0 Å². The number of hydrogen-bond acceptors (Lipinski definition) is 7. The summed E-state index contributed by atoms with van der Waals surface area (Å²) >= 11 is 0. The summed E-state index contributed by atoms with van der Waals surface area (Å²) in [5.41, 5.74) is 0.611. The van der Waals surface area contributed by atoms with Gasteiger partial charge < -0.3 is 19.4 Å². The SMILES string of the molecule is CC[C@]1(C)O/C(=N\OCC(=O)O)C(OC(C)C)=C1c1ccc(S(C)(=O)=O)cc1. The molecule has 0 bridgehead atoms. The maximum atomic E-state index is 11.7. The molecule has 0 spiro atoms. The molecule has 2 rings (SSSR count). The Balaban J connectivity index is 2.58. The minimum Gasteiger partial charge on any atom is -0.485 e. The van der Waals surface area contributed by atoms with Crippen LogP contribution in [0.25, 0.3) is 5.57 Å². The van der Waals surface area contributed by atoms with Gasteiger partial charge in [0, 0.05) is 6.26 Å². The second-order valence-corrected chi connectivity index (χ2v) is 8.93.